The summed E-state index contributed by atoms with van der Waals surface area (Å²) in [5.74, 6) is 0. The lowest BCUT2D eigenvalue weighted by Gasteiger charge is -2.17. The second-order valence-corrected chi connectivity index (χ2v) is 4.88. The van der Waals surface area contributed by atoms with Crippen LogP contribution in [0.25, 0.3) is 0 Å². The second kappa shape index (κ2) is 14.3. The summed E-state index contributed by atoms with van der Waals surface area (Å²) in [7, 11) is 0. The highest BCUT2D eigenvalue weighted by Gasteiger charge is 2.11. The highest BCUT2D eigenvalue weighted by molar-refractivity contribution is 4.45. The third kappa shape index (κ3) is 14.1. The largest absolute Gasteiger partial charge is 0.355 e. The first kappa shape index (κ1) is 18.8. The van der Waals surface area contributed by atoms with Gasteiger partial charge in [-0.05, 0) is 19.8 Å². The van der Waals surface area contributed by atoms with Crippen LogP contribution in [0.4, 0.5) is 0 Å². The number of unbranched alkanes of at least 4 members (excludes halogenated alkanes) is 5. The molecule has 4 heteroatoms. The first-order valence-electron chi connectivity index (χ1n) is 7.71. The third-order valence-corrected chi connectivity index (χ3v) is 2.92. The van der Waals surface area contributed by atoms with Gasteiger partial charge in [0.15, 0.2) is 12.6 Å². The molecule has 0 rings (SSSR count). The molecule has 0 aliphatic rings. The van der Waals surface area contributed by atoms with Gasteiger partial charge in [-0.1, -0.05) is 46.0 Å². The summed E-state index contributed by atoms with van der Waals surface area (Å²) in [5.41, 5.74) is 0. The van der Waals surface area contributed by atoms with Crippen molar-refractivity contribution in [3.8, 4) is 0 Å². The van der Waals surface area contributed by atoms with Gasteiger partial charge in [0.1, 0.15) is 6.79 Å². The lowest BCUT2D eigenvalue weighted by Crippen LogP contribution is -2.22. The van der Waals surface area contributed by atoms with E-state index in [9.17, 15) is 5.11 Å². The van der Waals surface area contributed by atoms with Crippen molar-refractivity contribution in [1.82, 2.24) is 0 Å². The zero-order valence-electron chi connectivity index (χ0n) is 12.9. The average Bonchev–Trinajstić information content (AvgIpc) is 2.38. The van der Waals surface area contributed by atoms with Crippen molar-refractivity contribution < 1.29 is 19.3 Å². The molecule has 115 valence electrons. The van der Waals surface area contributed by atoms with Crippen molar-refractivity contribution >= 4 is 0 Å². The topological polar surface area (TPSA) is 47.6 Å². The molecule has 0 heterocycles. The van der Waals surface area contributed by atoms with E-state index in [0.717, 1.165) is 25.7 Å². The highest BCUT2D eigenvalue weighted by atomic mass is 16.8. The van der Waals surface area contributed by atoms with Gasteiger partial charge in [-0.3, -0.25) is 0 Å². The predicted molar refractivity (Wildman–Crippen MR) is 75.2 cm³/mol. The Balaban J connectivity index is 3.30. The van der Waals surface area contributed by atoms with Crippen LogP contribution in [0.3, 0.4) is 0 Å². The summed E-state index contributed by atoms with van der Waals surface area (Å²) in [5, 5.41) is 11.5. The monoisotopic (exact) mass is 275 g/mol. The number of hydrogen-bond donors (Lipinski definition) is 0. The normalized spacial score (nSPS) is 14.5. The molecular formula is C15H31O4. The first-order valence-corrected chi connectivity index (χ1v) is 7.71. The molecule has 0 bridgehead atoms. The molecule has 1 radical (unpaired) electrons. The van der Waals surface area contributed by atoms with Crippen LogP contribution in [0, 0.1) is 0 Å². The van der Waals surface area contributed by atoms with E-state index >= 15 is 0 Å². The Bertz CT molecular complexity index is 176. The Kier molecular flexibility index (Phi) is 14.1. The van der Waals surface area contributed by atoms with Crippen molar-refractivity contribution in [2.75, 3.05) is 13.4 Å². The smallest absolute Gasteiger partial charge is 0.194 e. The first-order chi connectivity index (χ1) is 9.20. The maximum absolute atomic E-state index is 11.5. The number of rotatable bonds is 14. The highest BCUT2D eigenvalue weighted by Crippen LogP contribution is 2.08. The van der Waals surface area contributed by atoms with E-state index in [2.05, 4.69) is 13.8 Å². The molecule has 0 amide bonds. The van der Waals surface area contributed by atoms with Crippen LogP contribution >= 0.6 is 0 Å². The Morgan fingerprint density at radius 1 is 0.947 bits per heavy atom. The van der Waals surface area contributed by atoms with Gasteiger partial charge in [-0.15, -0.1) is 0 Å². The SMILES string of the molecule is CCCCCCOCOC(C)OC([O])CCCCC. The molecule has 2 atom stereocenters. The second-order valence-electron chi connectivity index (χ2n) is 4.88. The fourth-order valence-corrected chi connectivity index (χ4v) is 1.72. The van der Waals surface area contributed by atoms with Crippen LogP contribution in [-0.4, -0.2) is 26.0 Å². The molecule has 0 aromatic heterocycles. The molecule has 0 N–H and O–H groups in total. The zero-order valence-corrected chi connectivity index (χ0v) is 12.9. The van der Waals surface area contributed by atoms with Gasteiger partial charge in [0.05, 0.1) is 0 Å². The standard InChI is InChI=1S/C15H31O4/c1-4-6-8-10-12-17-13-18-14(3)19-15(16)11-9-7-5-2/h14-15H,4-13H2,1-3H3. The average molecular weight is 275 g/mol. The summed E-state index contributed by atoms with van der Waals surface area (Å²) in [4.78, 5) is 0. The van der Waals surface area contributed by atoms with Crippen molar-refractivity contribution in [1.29, 1.82) is 0 Å². The maximum Gasteiger partial charge on any atom is 0.194 e. The molecule has 0 aromatic rings. The van der Waals surface area contributed by atoms with Crippen molar-refractivity contribution in [2.45, 2.75) is 84.7 Å². The molecule has 0 saturated carbocycles. The minimum absolute atomic E-state index is 0.203. The van der Waals surface area contributed by atoms with Gasteiger partial charge in [0.25, 0.3) is 0 Å². The van der Waals surface area contributed by atoms with Gasteiger partial charge in [-0.2, -0.15) is 0 Å². The van der Waals surface area contributed by atoms with Gasteiger partial charge < -0.3 is 14.2 Å². The van der Waals surface area contributed by atoms with Crippen molar-refractivity contribution in [3.63, 3.8) is 0 Å². The summed E-state index contributed by atoms with van der Waals surface area (Å²) in [6.45, 7) is 6.96. The van der Waals surface area contributed by atoms with E-state index < -0.39 is 12.6 Å². The molecule has 19 heavy (non-hydrogen) atoms. The molecule has 0 aromatic carbocycles. The number of ether oxygens (including phenoxy) is 3. The molecule has 0 aliphatic carbocycles. The maximum atomic E-state index is 11.5. The van der Waals surface area contributed by atoms with E-state index in [-0.39, 0.29) is 6.79 Å². The Morgan fingerprint density at radius 2 is 1.63 bits per heavy atom. The summed E-state index contributed by atoms with van der Waals surface area (Å²) >= 11 is 0. The number of hydrogen-bond acceptors (Lipinski definition) is 3. The molecule has 2 unspecified atom stereocenters. The van der Waals surface area contributed by atoms with Crippen LogP contribution in [0.5, 0.6) is 0 Å². The van der Waals surface area contributed by atoms with Crippen molar-refractivity contribution in [3.05, 3.63) is 0 Å². The van der Waals surface area contributed by atoms with E-state index in [4.69, 9.17) is 14.2 Å². The van der Waals surface area contributed by atoms with Gasteiger partial charge in [-0.25, -0.2) is 5.11 Å². The quantitative estimate of drug-likeness (QED) is 0.351. The lowest BCUT2D eigenvalue weighted by molar-refractivity contribution is -0.263. The lowest BCUT2D eigenvalue weighted by atomic mass is 10.2. The predicted octanol–water partition coefficient (Wildman–Crippen LogP) is 4.26. The minimum atomic E-state index is -0.980. The Hall–Kier alpha value is -0.160. The van der Waals surface area contributed by atoms with Crippen LogP contribution in [0.2, 0.25) is 0 Å². The summed E-state index contributed by atoms with van der Waals surface area (Å²) in [6.07, 6.45) is 6.94. The van der Waals surface area contributed by atoms with E-state index in [1.165, 1.54) is 19.3 Å². The molecule has 0 spiro atoms. The molecule has 0 aliphatic heterocycles. The van der Waals surface area contributed by atoms with Crippen LogP contribution in [-0.2, 0) is 19.3 Å². The van der Waals surface area contributed by atoms with E-state index in [0.29, 0.717) is 13.0 Å². The third-order valence-electron chi connectivity index (χ3n) is 2.92. The fourth-order valence-electron chi connectivity index (χ4n) is 1.72. The van der Waals surface area contributed by atoms with Crippen molar-refractivity contribution in [2.24, 2.45) is 0 Å². The summed E-state index contributed by atoms with van der Waals surface area (Å²) in [6, 6.07) is 0. The zero-order chi connectivity index (χ0) is 14.3. The molecular weight excluding hydrogens is 244 g/mol. The van der Waals surface area contributed by atoms with E-state index in [1.54, 1.807) is 6.92 Å². The van der Waals surface area contributed by atoms with Crippen LogP contribution < -0.4 is 0 Å². The molecule has 0 saturated heterocycles. The van der Waals surface area contributed by atoms with E-state index in [1.807, 2.05) is 0 Å². The van der Waals surface area contributed by atoms with Crippen LogP contribution in [0.1, 0.15) is 72.1 Å². The molecule has 4 nitrogen and oxygen atoms in total. The minimum Gasteiger partial charge on any atom is -0.355 e. The Morgan fingerprint density at radius 3 is 2.32 bits per heavy atom. The van der Waals surface area contributed by atoms with Gasteiger partial charge in [0, 0.05) is 13.0 Å². The van der Waals surface area contributed by atoms with Crippen LogP contribution in [0.15, 0.2) is 0 Å². The molecule has 0 fully saturated rings. The fraction of sp³-hybridized carbons (Fsp3) is 1.00. The summed E-state index contributed by atoms with van der Waals surface area (Å²) < 4.78 is 15.8. The Labute approximate surface area is 118 Å². The van der Waals surface area contributed by atoms with Gasteiger partial charge >= 0.3 is 0 Å². The van der Waals surface area contributed by atoms with Gasteiger partial charge in [0.2, 0.25) is 0 Å².